The Balaban J connectivity index is 1.69. The third-order valence-corrected chi connectivity index (χ3v) is 4.07. The van der Waals surface area contributed by atoms with E-state index in [4.69, 9.17) is 9.68 Å². The monoisotopic (exact) mass is 323 g/mol. The van der Waals surface area contributed by atoms with Crippen LogP contribution >= 0.6 is 0 Å². The number of benzene rings is 1. The third-order valence-electron chi connectivity index (χ3n) is 4.07. The zero-order valence-corrected chi connectivity index (χ0v) is 13.1. The van der Waals surface area contributed by atoms with Gasteiger partial charge in [-0.15, -0.1) is 0 Å². The van der Waals surface area contributed by atoms with Crippen molar-refractivity contribution < 1.29 is 14.0 Å². The average molecular weight is 323 g/mol. The maximum atomic E-state index is 12.7. The summed E-state index contributed by atoms with van der Waals surface area (Å²) in [6.45, 7) is 0.836. The van der Waals surface area contributed by atoms with Gasteiger partial charge in [-0.1, -0.05) is 6.07 Å². The number of hydrogen-bond donors (Lipinski definition) is 1. The number of carbonyl (C=O) groups excluding carboxylic acids is 2. The smallest absolute Gasteiger partial charge is 0.254 e. The highest BCUT2D eigenvalue weighted by Crippen LogP contribution is 2.21. The van der Waals surface area contributed by atoms with Gasteiger partial charge in [0.05, 0.1) is 24.4 Å². The van der Waals surface area contributed by atoms with Gasteiger partial charge in [0.25, 0.3) is 5.91 Å². The summed E-state index contributed by atoms with van der Waals surface area (Å²) in [4.78, 5) is 26.7. The van der Waals surface area contributed by atoms with Crippen molar-refractivity contribution >= 4 is 11.8 Å². The van der Waals surface area contributed by atoms with E-state index < -0.39 is 6.04 Å². The standard InChI is InChI=1S/C18H17N3O3/c19-11-13-4-1-5-14(10-13)18(23)21-8-2-7-16(21)17(22)20-12-15-6-3-9-24-15/h1,3-6,9-10,16H,2,7-8,12H2,(H,20,22)/t16-/m0/s1. The molecule has 1 aliphatic heterocycles. The van der Waals surface area contributed by atoms with Crippen LogP contribution in [0.5, 0.6) is 0 Å². The predicted octanol–water partition coefficient (Wildman–Crippen LogP) is 2.07. The first-order valence-electron chi connectivity index (χ1n) is 7.80. The summed E-state index contributed by atoms with van der Waals surface area (Å²) in [7, 11) is 0. The molecule has 0 radical (unpaired) electrons. The van der Waals surface area contributed by atoms with Gasteiger partial charge < -0.3 is 14.6 Å². The normalized spacial score (nSPS) is 16.6. The van der Waals surface area contributed by atoms with E-state index in [9.17, 15) is 9.59 Å². The first-order chi connectivity index (χ1) is 11.7. The van der Waals surface area contributed by atoms with E-state index in [-0.39, 0.29) is 11.8 Å². The number of furan rings is 1. The van der Waals surface area contributed by atoms with Gasteiger partial charge in [0, 0.05) is 12.1 Å². The highest BCUT2D eigenvalue weighted by Gasteiger charge is 2.34. The molecule has 1 N–H and O–H groups in total. The number of rotatable bonds is 4. The molecule has 3 rings (SSSR count). The van der Waals surface area contributed by atoms with Gasteiger partial charge in [-0.3, -0.25) is 9.59 Å². The van der Waals surface area contributed by atoms with Crippen LogP contribution in [0.2, 0.25) is 0 Å². The minimum absolute atomic E-state index is 0.186. The molecule has 1 atom stereocenters. The molecular formula is C18H17N3O3. The summed E-state index contributed by atoms with van der Waals surface area (Å²) < 4.78 is 5.19. The van der Waals surface area contributed by atoms with Crippen LogP contribution in [0.1, 0.15) is 34.5 Å². The second-order valence-corrected chi connectivity index (χ2v) is 5.65. The fourth-order valence-electron chi connectivity index (χ4n) is 2.88. The minimum Gasteiger partial charge on any atom is -0.467 e. The van der Waals surface area contributed by atoms with Gasteiger partial charge in [0.15, 0.2) is 0 Å². The van der Waals surface area contributed by atoms with Gasteiger partial charge in [-0.25, -0.2) is 0 Å². The lowest BCUT2D eigenvalue weighted by atomic mass is 10.1. The SMILES string of the molecule is N#Cc1cccc(C(=O)N2CCC[C@H]2C(=O)NCc2ccco2)c1. The molecule has 6 heteroatoms. The molecule has 2 amide bonds. The Bertz CT molecular complexity index is 777. The topological polar surface area (TPSA) is 86.3 Å². The molecule has 2 aromatic rings. The van der Waals surface area contributed by atoms with Gasteiger partial charge in [-0.05, 0) is 43.2 Å². The molecule has 1 fully saturated rings. The fourth-order valence-corrected chi connectivity index (χ4v) is 2.88. The van der Waals surface area contributed by atoms with E-state index in [0.29, 0.717) is 36.4 Å². The van der Waals surface area contributed by atoms with Crippen LogP contribution in [0.15, 0.2) is 47.1 Å². The minimum atomic E-state index is -0.488. The molecule has 2 heterocycles. The van der Waals surface area contributed by atoms with Crippen molar-refractivity contribution in [3.05, 3.63) is 59.5 Å². The van der Waals surface area contributed by atoms with Crippen LogP contribution in [-0.2, 0) is 11.3 Å². The highest BCUT2D eigenvalue weighted by molar-refractivity contribution is 5.98. The van der Waals surface area contributed by atoms with E-state index in [1.807, 2.05) is 6.07 Å². The molecule has 1 aliphatic rings. The first-order valence-corrected chi connectivity index (χ1v) is 7.80. The highest BCUT2D eigenvalue weighted by atomic mass is 16.3. The number of likely N-dealkylation sites (tertiary alicyclic amines) is 1. The molecule has 0 unspecified atom stereocenters. The van der Waals surface area contributed by atoms with Crippen molar-refractivity contribution in [2.24, 2.45) is 0 Å². The van der Waals surface area contributed by atoms with E-state index in [1.54, 1.807) is 47.6 Å². The second-order valence-electron chi connectivity index (χ2n) is 5.65. The molecule has 1 aromatic heterocycles. The number of carbonyl (C=O) groups is 2. The van der Waals surface area contributed by atoms with Crippen molar-refractivity contribution in [1.82, 2.24) is 10.2 Å². The van der Waals surface area contributed by atoms with Gasteiger partial charge in [-0.2, -0.15) is 5.26 Å². The van der Waals surface area contributed by atoms with Crippen molar-refractivity contribution in [3.63, 3.8) is 0 Å². The van der Waals surface area contributed by atoms with Crippen LogP contribution in [0.3, 0.4) is 0 Å². The Morgan fingerprint density at radius 2 is 2.21 bits per heavy atom. The summed E-state index contributed by atoms with van der Waals surface area (Å²) in [6.07, 6.45) is 2.96. The summed E-state index contributed by atoms with van der Waals surface area (Å²) >= 11 is 0. The molecule has 1 saturated heterocycles. The number of nitrogens with zero attached hydrogens (tertiary/aromatic N) is 2. The number of nitrogens with one attached hydrogen (secondary N) is 1. The predicted molar refractivity (Wildman–Crippen MR) is 85.8 cm³/mol. The zero-order valence-electron chi connectivity index (χ0n) is 13.1. The van der Waals surface area contributed by atoms with E-state index in [2.05, 4.69) is 5.32 Å². The Hall–Kier alpha value is -3.07. The molecule has 0 spiro atoms. The molecule has 0 aliphatic carbocycles. The number of amides is 2. The van der Waals surface area contributed by atoms with Gasteiger partial charge in [0.2, 0.25) is 5.91 Å². The summed E-state index contributed by atoms with van der Waals surface area (Å²) in [5.41, 5.74) is 0.860. The maximum Gasteiger partial charge on any atom is 0.254 e. The molecular weight excluding hydrogens is 306 g/mol. The Kier molecular flexibility index (Phi) is 4.62. The molecule has 24 heavy (non-hydrogen) atoms. The molecule has 0 bridgehead atoms. The van der Waals surface area contributed by atoms with Crippen molar-refractivity contribution in [1.29, 1.82) is 5.26 Å². The number of hydrogen-bond acceptors (Lipinski definition) is 4. The average Bonchev–Trinajstić information content (AvgIpc) is 3.30. The van der Waals surface area contributed by atoms with Crippen LogP contribution in [0, 0.1) is 11.3 Å². The van der Waals surface area contributed by atoms with Gasteiger partial charge in [0.1, 0.15) is 11.8 Å². The fraction of sp³-hybridized carbons (Fsp3) is 0.278. The van der Waals surface area contributed by atoms with E-state index in [0.717, 1.165) is 6.42 Å². The Morgan fingerprint density at radius 1 is 1.33 bits per heavy atom. The lowest BCUT2D eigenvalue weighted by molar-refractivity contribution is -0.125. The van der Waals surface area contributed by atoms with Crippen LogP contribution in [0.25, 0.3) is 0 Å². The molecule has 1 aromatic carbocycles. The van der Waals surface area contributed by atoms with Crippen molar-refractivity contribution in [2.75, 3.05) is 6.54 Å². The van der Waals surface area contributed by atoms with Gasteiger partial charge >= 0.3 is 0 Å². The first kappa shape index (κ1) is 15.8. The Morgan fingerprint density at radius 3 is 2.96 bits per heavy atom. The molecule has 6 nitrogen and oxygen atoms in total. The van der Waals surface area contributed by atoms with Crippen molar-refractivity contribution in [2.45, 2.75) is 25.4 Å². The summed E-state index contributed by atoms with van der Waals surface area (Å²) in [5.74, 6) is 0.261. The number of nitriles is 1. The maximum absolute atomic E-state index is 12.7. The second kappa shape index (κ2) is 7.01. The molecule has 122 valence electrons. The lowest BCUT2D eigenvalue weighted by Gasteiger charge is -2.24. The van der Waals surface area contributed by atoms with E-state index >= 15 is 0 Å². The summed E-state index contributed by atoms with van der Waals surface area (Å²) in [6, 6.07) is 11.6. The Labute approximate surface area is 139 Å². The van der Waals surface area contributed by atoms with Crippen LogP contribution in [0.4, 0.5) is 0 Å². The lowest BCUT2D eigenvalue weighted by Crippen LogP contribution is -2.45. The van der Waals surface area contributed by atoms with Crippen LogP contribution in [-0.4, -0.2) is 29.3 Å². The summed E-state index contributed by atoms with van der Waals surface area (Å²) in [5, 5.41) is 11.8. The van der Waals surface area contributed by atoms with Crippen LogP contribution < -0.4 is 5.32 Å². The largest absolute Gasteiger partial charge is 0.467 e. The molecule has 0 saturated carbocycles. The van der Waals surface area contributed by atoms with Crippen molar-refractivity contribution in [3.8, 4) is 6.07 Å². The quantitative estimate of drug-likeness (QED) is 0.933. The third kappa shape index (κ3) is 3.30. The zero-order chi connectivity index (χ0) is 16.9. The van der Waals surface area contributed by atoms with E-state index in [1.165, 1.54) is 0 Å².